The summed E-state index contributed by atoms with van der Waals surface area (Å²) in [6.45, 7) is 12.4. The summed E-state index contributed by atoms with van der Waals surface area (Å²) in [5.41, 5.74) is 6.66. The second kappa shape index (κ2) is 12.6. The van der Waals surface area contributed by atoms with Crippen molar-refractivity contribution in [3.05, 3.63) is 47.6 Å². The Hall–Kier alpha value is -2.00. The lowest BCUT2D eigenvalue weighted by Gasteiger charge is -2.48. The highest BCUT2D eigenvalue weighted by Crippen LogP contribution is 2.31. The van der Waals surface area contributed by atoms with Gasteiger partial charge in [-0.15, -0.1) is 0 Å². The molecule has 0 radical (unpaired) electrons. The summed E-state index contributed by atoms with van der Waals surface area (Å²) in [6, 6.07) is -0.487. The quantitative estimate of drug-likeness (QED) is 0.472. The van der Waals surface area contributed by atoms with Crippen molar-refractivity contribution < 1.29 is 9.50 Å². The Morgan fingerprint density at radius 3 is 2.68 bits per heavy atom. The SMILES string of the molecule is CCC.CNC(C1=CCC=CN=C1N)C1=C(F)C=CC(N2CCNC(C(C)(O)C(C)C)C2)N1C. The van der Waals surface area contributed by atoms with Crippen molar-refractivity contribution in [2.45, 2.75) is 71.3 Å². The molecule has 0 amide bonds. The predicted molar refractivity (Wildman–Crippen MR) is 140 cm³/mol. The third kappa shape index (κ3) is 6.36. The second-order valence-corrected chi connectivity index (χ2v) is 9.72. The lowest BCUT2D eigenvalue weighted by atomic mass is 9.84. The van der Waals surface area contributed by atoms with E-state index in [9.17, 15) is 5.11 Å². The van der Waals surface area contributed by atoms with Crippen LogP contribution >= 0.6 is 0 Å². The Morgan fingerprint density at radius 1 is 1.38 bits per heavy atom. The van der Waals surface area contributed by atoms with Crippen LogP contribution < -0.4 is 16.4 Å². The van der Waals surface area contributed by atoms with Gasteiger partial charge >= 0.3 is 0 Å². The van der Waals surface area contributed by atoms with Crippen LogP contribution in [-0.4, -0.2) is 78.3 Å². The first-order valence-electron chi connectivity index (χ1n) is 12.5. The summed E-state index contributed by atoms with van der Waals surface area (Å²) in [5, 5.41) is 17.7. The fourth-order valence-corrected chi connectivity index (χ4v) is 4.48. The van der Waals surface area contributed by atoms with Crippen molar-refractivity contribution in [2.75, 3.05) is 33.7 Å². The number of aliphatic imine (C=N–C) groups is 1. The van der Waals surface area contributed by atoms with E-state index in [0.29, 0.717) is 24.5 Å². The van der Waals surface area contributed by atoms with Crippen molar-refractivity contribution in [1.29, 1.82) is 0 Å². The Kier molecular flexibility index (Phi) is 10.5. The number of halogens is 1. The number of rotatable bonds is 6. The van der Waals surface area contributed by atoms with Crippen LogP contribution in [0.5, 0.6) is 0 Å². The van der Waals surface area contributed by atoms with Crippen LogP contribution in [0, 0.1) is 5.92 Å². The molecule has 4 unspecified atom stereocenters. The monoisotopic (exact) mass is 476 g/mol. The zero-order valence-corrected chi connectivity index (χ0v) is 22.0. The molecule has 192 valence electrons. The molecule has 4 atom stereocenters. The molecule has 0 aromatic heterocycles. The number of nitrogens with one attached hydrogen (secondary N) is 2. The summed E-state index contributed by atoms with van der Waals surface area (Å²) in [6.07, 6.45) is 10.9. The Balaban J connectivity index is 0.00000129. The highest BCUT2D eigenvalue weighted by atomic mass is 19.1. The van der Waals surface area contributed by atoms with Crippen LogP contribution in [0.3, 0.4) is 0 Å². The smallest absolute Gasteiger partial charge is 0.144 e. The van der Waals surface area contributed by atoms with Crippen molar-refractivity contribution in [3.8, 4) is 0 Å². The summed E-state index contributed by atoms with van der Waals surface area (Å²) in [5.74, 6) is 0.220. The molecule has 3 rings (SSSR count). The average molecular weight is 477 g/mol. The van der Waals surface area contributed by atoms with E-state index in [1.165, 1.54) is 6.42 Å². The van der Waals surface area contributed by atoms with Gasteiger partial charge in [-0.25, -0.2) is 9.38 Å². The Bertz CT molecular complexity index is 829. The average Bonchev–Trinajstić information content (AvgIpc) is 3.01. The van der Waals surface area contributed by atoms with E-state index >= 15 is 4.39 Å². The molecule has 0 spiro atoms. The standard InChI is InChI=1S/C23H37FN6O.C3H8/c1-15(2)23(3,31)18-14-30(13-12-27-18)19-10-9-17(24)21(29(19)5)20(26-4)16-8-6-7-11-28-22(16)25;1-3-2/h7-11,15,18-20,26-27,31H,6,12-14H2,1-5H3,(H2,25,28);3H2,1-2H3. The molecule has 5 N–H and O–H groups in total. The van der Waals surface area contributed by atoms with Gasteiger partial charge in [-0.1, -0.05) is 46.3 Å². The molecule has 0 aliphatic carbocycles. The van der Waals surface area contributed by atoms with E-state index in [1.807, 2.05) is 50.9 Å². The number of hydrogen-bond donors (Lipinski definition) is 4. The molecule has 1 saturated heterocycles. The van der Waals surface area contributed by atoms with Gasteiger partial charge in [-0.05, 0) is 38.5 Å². The van der Waals surface area contributed by atoms with E-state index in [4.69, 9.17) is 5.73 Å². The molecule has 34 heavy (non-hydrogen) atoms. The fraction of sp³-hybridized carbons (Fsp3) is 0.654. The normalized spacial score (nSPS) is 26.4. The van der Waals surface area contributed by atoms with Gasteiger partial charge in [0.25, 0.3) is 0 Å². The van der Waals surface area contributed by atoms with E-state index in [-0.39, 0.29) is 24.0 Å². The van der Waals surface area contributed by atoms with Crippen molar-refractivity contribution >= 4 is 5.84 Å². The van der Waals surface area contributed by atoms with Crippen LogP contribution in [0.15, 0.2) is 52.6 Å². The first-order chi connectivity index (χ1) is 16.1. The highest BCUT2D eigenvalue weighted by Gasteiger charge is 2.41. The van der Waals surface area contributed by atoms with Gasteiger partial charge in [0.2, 0.25) is 0 Å². The second-order valence-electron chi connectivity index (χ2n) is 9.72. The van der Waals surface area contributed by atoms with Gasteiger partial charge in [-0.3, -0.25) is 4.90 Å². The minimum Gasteiger partial charge on any atom is -0.388 e. The van der Waals surface area contributed by atoms with E-state index in [0.717, 1.165) is 18.7 Å². The summed E-state index contributed by atoms with van der Waals surface area (Å²) in [4.78, 5) is 8.51. The number of aliphatic hydroxyl groups is 1. The van der Waals surface area contributed by atoms with Crippen molar-refractivity contribution in [2.24, 2.45) is 16.6 Å². The molecule has 0 aromatic rings. The first kappa shape index (κ1) is 28.2. The minimum absolute atomic E-state index is 0.0687. The minimum atomic E-state index is -0.837. The Labute approximate surface area is 205 Å². The topological polar surface area (TPSA) is 89.1 Å². The molecule has 3 aliphatic heterocycles. The number of likely N-dealkylation sites (N-methyl/N-ethyl adjacent to an activating group) is 2. The summed E-state index contributed by atoms with van der Waals surface area (Å²) in [7, 11) is 3.72. The molecular formula is C26H45FN6O. The zero-order chi connectivity index (χ0) is 25.5. The van der Waals surface area contributed by atoms with Gasteiger partial charge in [-0.2, -0.15) is 0 Å². The number of piperazine rings is 1. The highest BCUT2D eigenvalue weighted by molar-refractivity contribution is 5.99. The van der Waals surface area contributed by atoms with E-state index < -0.39 is 11.6 Å². The molecule has 7 nitrogen and oxygen atoms in total. The van der Waals surface area contributed by atoms with Crippen molar-refractivity contribution in [1.82, 2.24) is 20.4 Å². The van der Waals surface area contributed by atoms with Crippen LogP contribution in [0.4, 0.5) is 4.39 Å². The Morgan fingerprint density at radius 2 is 2.06 bits per heavy atom. The molecule has 3 heterocycles. The van der Waals surface area contributed by atoms with E-state index in [2.05, 4.69) is 34.4 Å². The third-order valence-electron chi connectivity index (χ3n) is 6.85. The van der Waals surface area contributed by atoms with Crippen LogP contribution in [0.25, 0.3) is 0 Å². The molecule has 0 aromatic carbocycles. The van der Waals surface area contributed by atoms with Gasteiger partial charge in [0, 0.05) is 44.5 Å². The lowest BCUT2D eigenvalue weighted by molar-refractivity contribution is -0.0521. The number of amidine groups is 1. The maximum absolute atomic E-state index is 15.1. The predicted octanol–water partition coefficient (Wildman–Crippen LogP) is 2.88. The van der Waals surface area contributed by atoms with E-state index in [1.54, 1.807) is 19.3 Å². The van der Waals surface area contributed by atoms with Gasteiger partial charge in [0.15, 0.2) is 0 Å². The molecule has 3 aliphatic rings. The molecular weight excluding hydrogens is 431 g/mol. The molecule has 0 bridgehead atoms. The summed E-state index contributed by atoms with van der Waals surface area (Å²) >= 11 is 0. The zero-order valence-electron chi connectivity index (χ0n) is 22.0. The first-order valence-corrected chi connectivity index (χ1v) is 12.5. The maximum Gasteiger partial charge on any atom is 0.144 e. The van der Waals surface area contributed by atoms with Crippen LogP contribution in [-0.2, 0) is 0 Å². The van der Waals surface area contributed by atoms with Crippen molar-refractivity contribution in [3.63, 3.8) is 0 Å². The van der Waals surface area contributed by atoms with Crippen LogP contribution in [0.2, 0.25) is 0 Å². The summed E-state index contributed by atoms with van der Waals surface area (Å²) < 4.78 is 15.1. The molecule has 0 saturated carbocycles. The molecule has 8 heteroatoms. The lowest BCUT2D eigenvalue weighted by Crippen LogP contribution is -2.65. The largest absolute Gasteiger partial charge is 0.388 e. The number of nitrogens with zero attached hydrogens (tertiary/aromatic N) is 3. The van der Waals surface area contributed by atoms with Crippen LogP contribution in [0.1, 0.15) is 47.5 Å². The number of hydrogen-bond acceptors (Lipinski definition) is 7. The molecule has 1 fully saturated rings. The maximum atomic E-state index is 15.1. The van der Waals surface area contributed by atoms with Gasteiger partial charge in [0.05, 0.1) is 17.3 Å². The third-order valence-corrected chi connectivity index (χ3v) is 6.85. The fourth-order valence-electron chi connectivity index (χ4n) is 4.48. The van der Waals surface area contributed by atoms with Gasteiger partial charge in [0.1, 0.15) is 17.8 Å². The van der Waals surface area contributed by atoms with Gasteiger partial charge < -0.3 is 26.4 Å². The number of allylic oxidation sites excluding steroid dienone is 4. The number of nitrogens with two attached hydrogens (primary N) is 1.